The van der Waals surface area contributed by atoms with Crippen LogP contribution in [0.3, 0.4) is 0 Å². The Labute approximate surface area is 71.9 Å². The molecule has 0 saturated heterocycles. The average molecular weight is 196 g/mol. The summed E-state index contributed by atoms with van der Waals surface area (Å²) in [6.07, 6.45) is 0. The monoisotopic (exact) mass is 195 g/mol. The van der Waals surface area contributed by atoms with Gasteiger partial charge in [-0.25, -0.2) is 13.2 Å². The fourth-order valence-corrected chi connectivity index (χ4v) is 0.982. The van der Waals surface area contributed by atoms with Gasteiger partial charge in [-0.15, -0.1) is 0 Å². The lowest BCUT2D eigenvalue weighted by atomic mass is 10.2. The predicted octanol–water partition coefficient (Wildman–Crippen LogP) is 2.22. The van der Waals surface area contributed by atoms with Crippen LogP contribution < -0.4 is 5.73 Å². The number of nitrogens with two attached hydrogens (primary N) is 1. The van der Waals surface area contributed by atoms with Crippen LogP contribution in [0.25, 0.3) is 0 Å². The van der Waals surface area contributed by atoms with Gasteiger partial charge in [0.05, 0.1) is 0 Å². The van der Waals surface area contributed by atoms with Gasteiger partial charge in [0.25, 0.3) is 0 Å². The third-order valence-electron chi connectivity index (χ3n) is 1.40. The summed E-state index contributed by atoms with van der Waals surface area (Å²) < 4.78 is 37.9. The minimum absolute atomic E-state index is 0.140. The minimum atomic E-state index is -1.38. The van der Waals surface area contributed by atoms with Crippen molar-refractivity contribution in [3.63, 3.8) is 0 Å². The van der Waals surface area contributed by atoms with Crippen LogP contribution in [0.5, 0.6) is 0 Å². The van der Waals surface area contributed by atoms with Gasteiger partial charge in [-0.05, 0) is 6.07 Å². The second-order valence-electron chi connectivity index (χ2n) is 2.16. The standard InChI is InChI=1S/C7H5ClF3N/c8-5-6(10)3(2-12)1-4(9)7(5)11/h1H,2,12H2. The summed E-state index contributed by atoms with van der Waals surface area (Å²) in [5.41, 5.74) is 4.91. The first-order valence-electron chi connectivity index (χ1n) is 3.10. The summed E-state index contributed by atoms with van der Waals surface area (Å²) in [6.45, 7) is -0.219. The van der Waals surface area contributed by atoms with E-state index < -0.39 is 22.5 Å². The van der Waals surface area contributed by atoms with E-state index >= 15 is 0 Å². The molecule has 0 spiro atoms. The highest BCUT2D eigenvalue weighted by molar-refractivity contribution is 6.30. The zero-order valence-corrected chi connectivity index (χ0v) is 6.63. The fraction of sp³-hybridized carbons (Fsp3) is 0.143. The van der Waals surface area contributed by atoms with Gasteiger partial charge in [0.1, 0.15) is 10.8 Å². The number of rotatable bonds is 1. The maximum Gasteiger partial charge on any atom is 0.180 e. The van der Waals surface area contributed by atoms with Crippen LogP contribution in [0.15, 0.2) is 6.07 Å². The van der Waals surface area contributed by atoms with Crippen molar-refractivity contribution in [2.75, 3.05) is 0 Å². The molecule has 1 aromatic carbocycles. The van der Waals surface area contributed by atoms with Gasteiger partial charge in [0, 0.05) is 12.1 Å². The Hall–Kier alpha value is -0.740. The van der Waals surface area contributed by atoms with E-state index in [2.05, 4.69) is 0 Å². The molecule has 0 aromatic heterocycles. The molecule has 0 amide bonds. The lowest BCUT2D eigenvalue weighted by molar-refractivity contribution is 0.491. The largest absolute Gasteiger partial charge is 0.326 e. The van der Waals surface area contributed by atoms with Crippen molar-refractivity contribution >= 4 is 11.6 Å². The van der Waals surface area contributed by atoms with Gasteiger partial charge in [0.15, 0.2) is 11.6 Å². The molecule has 1 rings (SSSR count). The third-order valence-corrected chi connectivity index (χ3v) is 1.73. The summed E-state index contributed by atoms with van der Waals surface area (Å²) in [7, 11) is 0. The normalized spacial score (nSPS) is 10.4. The molecule has 1 nitrogen and oxygen atoms in total. The topological polar surface area (TPSA) is 26.0 Å². The van der Waals surface area contributed by atoms with Crippen LogP contribution in [0, 0.1) is 17.5 Å². The first-order chi connectivity index (χ1) is 5.57. The van der Waals surface area contributed by atoms with E-state index in [4.69, 9.17) is 17.3 Å². The molecule has 0 bridgehead atoms. The van der Waals surface area contributed by atoms with Crippen molar-refractivity contribution in [3.8, 4) is 0 Å². The summed E-state index contributed by atoms with van der Waals surface area (Å²) in [5.74, 6) is -3.58. The first kappa shape index (κ1) is 9.35. The van der Waals surface area contributed by atoms with Gasteiger partial charge >= 0.3 is 0 Å². The Morgan fingerprint density at radius 3 is 2.33 bits per heavy atom. The Morgan fingerprint density at radius 1 is 1.25 bits per heavy atom. The summed E-state index contributed by atoms with van der Waals surface area (Å²) >= 11 is 5.12. The number of hydrogen-bond donors (Lipinski definition) is 1. The molecule has 0 radical (unpaired) electrons. The third kappa shape index (κ3) is 1.40. The van der Waals surface area contributed by atoms with Crippen LogP contribution >= 0.6 is 11.6 Å². The Morgan fingerprint density at radius 2 is 1.83 bits per heavy atom. The molecular weight excluding hydrogens is 191 g/mol. The second-order valence-corrected chi connectivity index (χ2v) is 2.54. The lowest BCUT2D eigenvalue weighted by Gasteiger charge is -2.03. The fourth-order valence-electron chi connectivity index (χ4n) is 0.770. The smallest absolute Gasteiger partial charge is 0.180 e. The van der Waals surface area contributed by atoms with Gasteiger partial charge in [-0.1, -0.05) is 11.6 Å². The van der Waals surface area contributed by atoms with E-state index in [-0.39, 0.29) is 12.1 Å². The van der Waals surface area contributed by atoms with Crippen molar-refractivity contribution in [1.29, 1.82) is 0 Å². The number of hydrogen-bond acceptors (Lipinski definition) is 1. The Kier molecular flexibility index (Phi) is 2.59. The number of halogens is 4. The molecule has 66 valence electrons. The molecular formula is C7H5ClF3N. The summed E-state index contributed by atoms with van der Waals surface area (Å²) in [4.78, 5) is 0. The van der Waals surface area contributed by atoms with Gasteiger partial charge in [-0.3, -0.25) is 0 Å². The maximum atomic E-state index is 12.8. The van der Waals surface area contributed by atoms with Gasteiger partial charge in [-0.2, -0.15) is 0 Å². The van der Waals surface area contributed by atoms with Crippen LogP contribution in [-0.2, 0) is 6.54 Å². The van der Waals surface area contributed by atoms with Crippen LogP contribution in [0.4, 0.5) is 13.2 Å². The van der Waals surface area contributed by atoms with Crippen molar-refractivity contribution in [2.45, 2.75) is 6.54 Å². The quantitative estimate of drug-likeness (QED) is 0.540. The zero-order valence-electron chi connectivity index (χ0n) is 5.87. The molecule has 5 heteroatoms. The van der Waals surface area contributed by atoms with Crippen molar-refractivity contribution in [2.24, 2.45) is 5.73 Å². The van der Waals surface area contributed by atoms with Gasteiger partial charge < -0.3 is 5.73 Å². The zero-order chi connectivity index (χ0) is 9.30. The van der Waals surface area contributed by atoms with E-state index in [0.717, 1.165) is 0 Å². The van der Waals surface area contributed by atoms with E-state index in [1.165, 1.54) is 0 Å². The summed E-state index contributed by atoms with van der Waals surface area (Å²) in [6, 6.07) is 0.691. The highest BCUT2D eigenvalue weighted by atomic mass is 35.5. The molecule has 0 heterocycles. The van der Waals surface area contributed by atoms with E-state index in [1.54, 1.807) is 0 Å². The van der Waals surface area contributed by atoms with E-state index in [1.807, 2.05) is 0 Å². The highest BCUT2D eigenvalue weighted by Crippen LogP contribution is 2.24. The lowest BCUT2D eigenvalue weighted by Crippen LogP contribution is -2.03. The molecule has 12 heavy (non-hydrogen) atoms. The van der Waals surface area contributed by atoms with Crippen molar-refractivity contribution in [1.82, 2.24) is 0 Å². The highest BCUT2D eigenvalue weighted by Gasteiger charge is 2.15. The summed E-state index contributed by atoms with van der Waals surface area (Å²) in [5, 5.41) is -0.851. The van der Waals surface area contributed by atoms with E-state index in [0.29, 0.717) is 6.07 Å². The Balaban J connectivity index is 3.39. The minimum Gasteiger partial charge on any atom is -0.326 e. The molecule has 1 aromatic rings. The second kappa shape index (κ2) is 3.33. The Bertz CT molecular complexity index is 314. The van der Waals surface area contributed by atoms with Crippen LogP contribution in [0.2, 0.25) is 5.02 Å². The molecule has 2 N–H and O–H groups in total. The molecule has 0 atom stereocenters. The number of benzene rings is 1. The molecule has 0 aliphatic rings. The predicted molar refractivity (Wildman–Crippen MR) is 39.2 cm³/mol. The van der Waals surface area contributed by atoms with Crippen LogP contribution in [-0.4, -0.2) is 0 Å². The van der Waals surface area contributed by atoms with Gasteiger partial charge in [0.2, 0.25) is 0 Å². The van der Waals surface area contributed by atoms with E-state index in [9.17, 15) is 13.2 Å². The van der Waals surface area contributed by atoms with Crippen molar-refractivity contribution in [3.05, 3.63) is 34.1 Å². The maximum absolute atomic E-state index is 12.8. The molecule has 0 aliphatic heterocycles. The first-order valence-corrected chi connectivity index (χ1v) is 3.47. The molecule has 0 fully saturated rings. The average Bonchev–Trinajstić information content (AvgIpc) is 2.08. The molecule has 0 unspecified atom stereocenters. The molecule has 0 aliphatic carbocycles. The SMILES string of the molecule is NCc1cc(F)c(F)c(Cl)c1F. The molecule has 0 saturated carbocycles. The van der Waals surface area contributed by atoms with Crippen molar-refractivity contribution < 1.29 is 13.2 Å². The van der Waals surface area contributed by atoms with Crippen LogP contribution in [0.1, 0.15) is 5.56 Å².